The number of hydrogen-bond acceptors (Lipinski definition) is 15. The molecule has 1 aliphatic rings. The molecule has 0 radical (unpaired) electrons. The van der Waals surface area contributed by atoms with Crippen LogP contribution in [-0.4, -0.2) is 50.4 Å². The maximum atomic E-state index is 13.7. The number of carbonyl (C=O) groups is 1. The number of nitrogens with two attached hydrogens (primary N) is 1. The number of azo groups is 2. The molecular weight excluding hydrogens is 825 g/mol. The van der Waals surface area contributed by atoms with Gasteiger partial charge in [-0.25, -0.2) is 0 Å². The zero-order chi connectivity index (χ0) is 42.1. The van der Waals surface area contributed by atoms with Gasteiger partial charge >= 0.3 is 0 Å². The summed E-state index contributed by atoms with van der Waals surface area (Å²) in [6.45, 7) is 0. The topological polar surface area (TPSA) is 292 Å². The van der Waals surface area contributed by atoms with Crippen molar-refractivity contribution in [3.8, 4) is 0 Å². The fraction of sp³-hybridized carbons (Fsp3) is 0. The van der Waals surface area contributed by atoms with Gasteiger partial charge in [-0.1, -0.05) is 48.5 Å². The van der Waals surface area contributed by atoms with E-state index in [-0.39, 0.29) is 27.2 Å². The van der Waals surface area contributed by atoms with Crippen LogP contribution in [0.5, 0.6) is 0 Å². The lowest BCUT2D eigenvalue weighted by Crippen LogP contribution is -2.28. The zero-order valence-corrected chi connectivity index (χ0v) is 32.3. The lowest BCUT2D eigenvalue weighted by Gasteiger charge is -2.20. The average molecular weight is 853 g/mol. The number of nitrogens with one attached hydrogen (secondary N) is 2. The van der Waals surface area contributed by atoms with Crippen LogP contribution >= 0.6 is 0 Å². The molecule has 0 aliphatic heterocycles. The van der Waals surface area contributed by atoms with Crippen LogP contribution in [-0.2, 0) is 30.4 Å². The molecule has 0 bridgehead atoms. The first-order chi connectivity index (χ1) is 28.0. The van der Waals surface area contributed by atoms with Crippen molar-refractivity contribution in [2.75, 3.05) is 16.5 Å². The Bertz CT molecular complexity index is 3140. The van der Waals surface area contributed by atoms with Gasteiger partial charge in [0.1, 0.15) is 20.4 Å². The molecule has 59 heavy (non-hydrogen) atoms. The number of allylic oxidation sites excluding steroid dienone is 1. The second-order valence-corrected chi connectivity index (χ2v) is 16.7. The molecule has 0 atom stereocenters. The van der Waals surface area contributed by atoms with E-state index < -0.39 is 68.6 Å². The minimum absolute atomic E-state index is 0.121. The molecule has 18 nitrogen and oxygen atoms in total. The molecule has 0 saturated heterocycles. The molecule has 7 N–H and O–H groups in total. The smallest absolute Gasteiger partial charge is 0.296 e. The lowest BCUT2D eigenvalue weighted by molar-refractivity contribution is 0.106. The Kier molecular flexibility index (Phi) is 10.7. The summed E-state index contributed by atoms with van der Waals surface area (Å²) < 4.78 is 104. The molecular formula is C38H28N8O10S3. The van der Waals surface area contributed by atoms with Gasteiger partial charge in [-0.05, 0) is 84.4 Å². The Morgan fingerprint density at radius 1 is 0.593 bits per heavy atom. The van der Waals surface area contributed by atoms with Gasteiger partial charge in [0.25, 0.3) is 30.4 Å². The Labute approximate surface area is 335 Å². The number of nitrogen functional groups attached to an aromatic ring is 1. The molecule has 0 fully saturated rings. The SMILES string of the molecule is Nc1c(N=Nc2ccc(N=Nc3ccc(Nc4ccccc4)c4c(S(=O)(=O)O)cccc34)cc2)c(S(=O)(=O)O)cc2c1C(=O)/C(=N\Nc1ccccc1)C(S(=O)(=O)O)=C2. The minimum Gasteiger partial charge on any atom is -0.396 e. The van der Waals surface area contributed by atoms with Crippen molar-refractivity contribution in [3.63, 3.8) is 0 Å². The van der Waals surface area contributed by atoms with Crippen LogP contribution in [0.4, 0.5) is 45.5 Å². The van der Waals surface area contributed by atoms with Crippen molar-refractivity contribution in [1.82, 2.24) is 0 Å². The number of carbonyl (C=O) groups excluding carboxylic acids is 1. The molecule has 21 heteroatoms. The summed E-state index contributed by atoms with van der Waals surface area (Å²) in [5.41, 5.74) is 8.10. The van der Waals surface area contributed by atoms with Crippen molar-refractivity contribution in [2.24, 2.45) is 25.6 Å². The van der Waals surface area contributed by atoms with Gasteiger partial charge in [0.15, 0.2) is 5.71 Å². The molecule has 6 aromatic rings. The van der Waals surface area contributed by atoms with Crippen molar-refractivity contribution in [3.05, 3.63) is 137 Å². The first kappa shape index (κ1) is 40.2. The van der Waals surface area contributed by atoms with Gasteiger partial charge in [-0.2, -0.15) is 40.6 Å². The third-order valence-electron chi connectivity index (χ3n) is 8.62. The van der Waals surface area contributed by atoms with Crippen molar-refractivity contribution in [1.29, 1.82) is 0 Å². The molecule has 0 spiro atoms. The maximum Gasteiger partial charge on any atom is 0.296 e. The Balaban J connectivity index is 1.21. The predicted octanol–water partition coefficient (Wildman–Crippen LogP) is 8.38. The van der Waals surface area contributed by atoms with Gasteiger partial charge in [0, 0.05) is 22.1 Å². The monoisotopic (exact) mass is 852 g/mol. The summed E-state index contributed by atoms with van der Waals surface area (Å²) in [6, 6.07) is 31.2. The highest BCUT2D eigenvalue weighted by Gasteiger charge is 2.37. The zero-order valence-electron chi connectivity index (χ0n) is 29.9. The number of para-hydroxylation sites is 2. The molecule has 6 aromatic carbocycles. The normalized spacial score (nSPS) is 14.2. The number of hydrogen-bond donors (Lipinski definition) is 6. The van der Waals surface area contributed by atoms with E-state index in [1.807, 2.05) is 6.07 Å². The van der Waals surface area contributed by atoms with Gasteiger partial charge in [-0.15, -0.1) is 10.2 Å². The predicted molar refractivity (Wildman–Crippen MR) is 220 cm³/mol. The highest BCUT2D eigenvalue weighted by molar-refractivity contribution is 7.91. The van der Waals surface area contributed by atoms with E-state index in [1.165, 1.54) is 36.4 Å². The average Bonchev–Trinajstić information content (AvgIpc) is 3.19. The summed E-state index contributed by atoms with van der Waals surface area (Å²) in [5, 5.41) is 24.1. The quantitative estimate of drug-likeness (QED) is 0.0309. The van der Waals surface area contributed by atoms with E-state index in [9.17, 15) is 43.7 Å². The molecule has 0 unspecified atom stereocenters. The van der Waals surface area contributed by atoms with Gasteiger partial charge in [-0.3, -0.25) is 23.9 Å². The Morgan fingerprint density at radius 3 is 1.78 bits per heavy atom. The van der Waals surface area contributed by atoms with Crippen LogP contribution in [0, 0.1) is 0 Å². The highest BCUT2D eigenvalue weighted by Crippen LogP contribution is 2.42. The summed E-state index contributed by atoms with van der Waals surface area (Å²) >= 11 is 0. The molecule has 1 aliphatic carbocycles. The third-order valence-corrected chi connectivity index (χ3v) is 11.3. The number of fused-ring (bicyclic) bond motifs is 2. The fourth-order valence-corrected chi connectivity index (χ4v) is 8.04. The summed E-state index contributed by atoms with van der Waals surface area (Å²) in [6.07, 6.45) is 0.781. The van der Waals surface area contributed by atoms with E-state index in [0.29, 0.717) is 28.1 Å². The number of benzene rings is 6. The van der Waals surface area contributed by atoms with E-state index in [4.69, 9.17) is 5.73 Å². The van der Waals surface area contributed by atoms with E-state index in [2.05, 4.69) is 36.3 Å². The second-order valence-electron chi connectivity index (χ2n) is 12.5. The van der Waals surface area contributed by atoms with Gasteiger partial charge in [0.2, 0.25) is 5.78 Å². The van der Waals surface area contributed by atoms with Gasteiger partial charge in [0.05, 0.1) is 34.0 Å². The number of rotatable bonds is 11. The third kappa shape index (κ3) is 8.64. The van der Waals surface area contributed by atoms with Crippen LogP contribution in [0.1, 0.15) is 15.9 Å². The Hall–Kier alpha value is -7.01. The van der Waals surface area contributed by atoms with Crippen molar-refractivity contribution >= 4 is 104 Å². The van der Waals surface area contributed by atoms with Crippen LogP contribution in [0.2, 0.25) is 0 Å². The molecule has 0 heterocycles. The largest absolute Gasteiger partial charge is 0.396 e. The number of hydrazone groups is 1. The van der Waals surface area contributed by atoms with E-state index in [0.717, 1.165) is 12.1 Å². The first-order valence-electron chi connectivity index (χ1n) is 16.8. The summed E-state index contributed by atoms with van der Waals surface area (Å²) in [7, 11) is -14.9. The molecule has 0 aromatic heterocycles. The van der Waals surface area contributed by atoms with Crippen LogP contribution < -0.4 is 16.5 Å². The minimum atomic E-state index is -5.12. The number of anilines is 4. The maximum absolute atomic E-state index is 13.7. The van der Waals surface area contributed by atoms with Gasteiger partial charge < -0.3 is 11.1 Å². The van der Waals surface area contributed by atoms with Crippen LogP contribution in [0.3, 0.4) is 0 Å². The first-order valence-corrected chi connectivity index (χ1v) is 21.2. The van der Waals surface area contributed by atoms with Crippen LogP contribution in [0.15, 0.2) is 162 Å². The van der Waals surface area contributed by atoms with Crippen molar-refractivity contribution in [2.45, 2.75) is 9.79 Å². The van der Waals surface area contributed by atoms with Crippen molar-refractivity contribution < 1.29 is 43.7 Å². The Morgan fingerprint density at radius 2 is 1.19 bits per heavy atom. The highest BCUT2D eigenvalue weighted by atomic mass is 32.2. The molecule has 0 amide bonds. The van der Waals surface area contributed by atoms with E-state index in [1.54, 1.807) is 72.8 Å². The second kappa shape index (κ2) is 15.7. The standard InChI is InChI=1S/C38H28N8O10S3/c39-35-33-22(21-32(59(54,55)56)37(38(33)47)46-42-24-10-5-2-6-11-24)20-31(58(51,52)53)36(35)45-43-26-16-14-25(15-17-26)41-44-28-18-19-29(40-23-8-3-1-4-9-23)34-27(28)12-7-13-30(34)57(48,49)50/h1-21,40,42H,39H2,(H,48,49,50)(H,51,52,53)(H,54,55,56)/b44-41?,45-43?,46-37-. The summed E-state index contributed by atoms with van der Waals surface area (Å²) in [4.78, 5) is 11.5. The molecule has 0 saturated carbocycles. The van der Waals surface area contributed by atoms with Crippen LogP contribution in [0.25, 0.3) is 16.8 Å². The number of nitrogens with zero attached hydrogens (tertiary/aromatic N) is 5. The number of Topliss-reactive ketones (excluding diaryl/α,β-unsaturated/α-hetero) is 1. The van der Waals surface area contributed by atoms with E-state index >= 15 is 0 Å². The molecule has 7 rings (SSSR count). The summed E-state index contributed by atoms with van der Waals surface area (Å²) in [5.74, 6) is -1.12. The molecule has 298 valence electrons. The number of ketones is 1. The lowest BCUT2D eigenvalue weighted by atomic mass is 9.92. The fourth-order valence-electron chi connectivity index (χ4n) is 5.98.